The maximum absolute atomic E-state index is 11.2. The fourth-order valence-electron chi connectivity index (χ4n) is 1.18. The average Bonchev–Trinajstić information content (AvgIpc) is 2.01. The molecule has 0 heterocycles. The first kappa shape index (κ1) is 10.9. The zero-order valence-corrected chi connectivity index (χ0v) is 8.63. The summed E-state index contributed by atoms with van der Waals surface area (Å²) in [6, 6.07) is 4.69. The van der Waals surface area contributed by atoms with Gasteiger partial charge in [-0.1, -0.05) is 17.7 Å². The molecular weight excluding hydrogens is 204 g/mol. The van der Waals surface area contributed by atoms with Gasteiger partial charge in [-0.05, 0) is 25.5 Å². The van der Waals surface area contributed by atoms with E-state index in [1.165, 1.54) is 6.07 Å². The number of carbonyl (C=O) groups is 1. The normalized spacial score (nSPS) is 11.4. The van der Waals surface area contributed by atoms with Crippen LogP contribution < -0.4 is 0 Å². The maximum atomic E-state index is 11.2. The molecule has 0 radical (unpaired) electrons. The first-order chi connectivity index (χ1) is 6.32. The molecule has 0 aliphatic rings. The highest BCUT2D eigenvalue weighted by Gasteiger charge is 2.22. The van der Waals surface area contributed by atoms with Crippen molar-refractivity contribution in [1.82, 2.24) is 0 Å². The highest BCUT2D eigenvalue weighted by Crippen LogP contribution is 2.13. The molecule has 76 valence electrons. The van der Waals surface area contributed by atoms with Crippen LogP contribution in [0, 0.1) is 13.8 Å². The van der Waals surface area contributed by atoms with Gasteiger partial charge in [0.1, 0.15) is 0 Å². The molecule has 0 atom stereocenters. The lowest BCUT2D eigenvalue weighted by Gasteiger charge is -2.02. The Morgan fingerprint density at radius 1 is 1.29 bits per heavy atom. The highest BCUT2D eigenvalue weighted by atomic mass is 32.2. The Kier molecular flexibility index (Phi) is 2.73. The zero-order chi connectivity index (χ0) is 10.9. The molecule has 0 aliphatic heterocycles. The number of hydrogen-bond donors (Lipinski definition) is 1. The summed E-state index contributed by atoms with van der Waals surface area (Å²) < 4.78 is 29.7. The number of carbonyl (C=O) groups excluding carboxylic acids is 1. The van der Waals surface area contributed by atoms with Crippen molar-refractivity contribution in [2.75, 3.05) is 0 Å². The van der Waals surface area contributed by atoms with E-state index >= 15 is 0 Å². The van der Waals surface area contributed by atoms with E-state index in [1.54, 1.807) is 19.1 Å². The quantitative estimate of drug-likeness (QED) is 0.716. The summed E-state index contributed by atoms with van der Waals surface area (Å²) in [5, 5.41) is -1.25. The van der Waals surface area contributed by atoms with Gasteiger partial charge < -0.3 is 0 Å². The zero-order valence-electron chi connectivity index (χ0n) is 7.81. The van der Waals surface area contributed by atoms with Crippen molar-refractivity contribution in [3.63, 3.8) is 0 Å². The Balaban J connectivity index is 3.29. The van der Waals surface area contributed by atoms with Crippen molar-refractivity contribution in [3.05, 3.63) is 34.9 Å². The van der Waals surface area contributed by atoms with Gasteiger partial charge in [0.2, 0.25) is 0 Å². The summed E-state index contributed by atoms with van der Waals surface area (Å²) in [5.41, 5.74) is 1.47. The van der Waals surface area contributed by atoms with Crippen LogP contribution in [-0.4, -0.2) is 18.1 Å². The second-order valence-corrected chi connectivity index (χ2v) is 4.40. The van der Waals surface area contributed by atoms with E-state index in [-0.39, 0.29) is 5.56 Å². The molecule has 4 nitrogen and oxygen atoms in total. The van der Waals surface area contributed by atoms with Gasteiger partial charge in [-0.15, -0.1) is 0 Å². The number of hydrogen-bond acceptors (Lipinski definition) is 3. The van der Waals surface area contributed by atoms with Crippen LogP contribution in [0.15, 0.2) is 18.2 Å². The number of benzene rings is 1. The smallest absolute Gasteiger partial charge is 0.279 e. The lowest BCUT2D eigenvalue weighted by molar-refractivity contribution is 0.106. The van der Waals surface area contributed by atoms with Crippen LogP contribution in [0.4, 0.5) is 0 Å². The molecule has 0 unspecified atom stereocenters. The third kappa shape index (κ3) is 2.18. The topological polar surface area (TPSA) is 71.4 Å². The standard InChI is InChI=1S/C9H10O4S/c1-6-3-4-8(7(2)5-6)9(10)14(11,12)13/h3-5H,1-2H3,(H,11,12,13). The number of rotatable bonds is 1. The van der Waals surface area contributed by atoms with E-state index in [0.29, 0.717) is 5.56 Å². The second kappa shape index (κ2) is 3.51. The molecule has 14 heavy (non-hydrogen) atoms. The van der Waals surface area contributed by atoms with Crippen molar-refractivity contribution >= 4 is 15.2 Å². The van der Waals surface area contributed by atoms with Gasteiger partial charge in [-0.25, -0.2) is 0 Å². The van der Waals surface area contributed by atoms with Crippen molar-refractivity contribution in [1.29, 1.82) is 0 Å². The molecule has 0 amide bonds. The van der Waals surface area contributed by atoms with Gasteiger partial charge in [0, 0.05) is 5.56 Å². The fraction of sp³-hybridized carbons (Fsp3) is 0.222. The third-order valence-electron chi connectivity index (χ3n) is 1.84. The highest BCUT2D eigenvalue weighted by molar-refractivity contribution is 8.01. The van der Waals surface area contributed by atoms with E-state index in [2.05, 4.69) is 0 Å². The average molecular weight is 214 g/mol. The van der Waals surface area contributed by atoms with Gasteiger partial charge in [-0.3, -0.25) is 9.35 Å². The van der Waals surface area contributed by atoms with Crippen molar-refractivity contribution < 1.29 is 17.8 Å². The van der Waals surface area contributed by atoms with E-state index in [9.17, 15) is 13.2 Å². The van der Waals surface area contributed by atoms with Crippen LogP contribution in [0.25, 0.3) is 0 Å². The minimum atomic E-state index is -4.63. The van der Waals surface area contributed by atoms with Gasteiger partial charge in [0.05, 0.1) is 0 Å². The summed E-state index contributed by atoms with van der Waals surface area (Å²) in [7, 11) is -4.63. The van der Waals surface area contributed by atoms with Crippen LogP contribution in [0.3, 0.4) is 0 Å². The molecule has 1 aromatic rings. The summed E-state index contributed by atoms with van der Waals surface area (Å²) in [5.74, 6) is 0. The van der Waals surface area contributed by atoms with Crippen LogP contribution in [0.5, 0.6) is 0 Å². The second-order valence-electron chi connectivity index (χ2n) is 3.08. The van der Waals surface area contributed by atoms with E-state index < -0.39 is 15.2 Å². The van der Waals surface area contributed by atoms with Crippen molar-refractivity contribution in [3.8, 4) is 0 Å². The lowest BCUT2D eigenvalue weighted by Crippen LogP contribution is -2.14. The predicted molar refractivity (Wildman–Crippen MR) is 51.8 cm³/mol. The van der Waals surface area contributed by atoms with Crippen molar-refractivity contribution in [2.45, 2.75) is 13.8 Å². The van der Waals surface area contributed by atoms with Gasteiger partial charge in [0.25, 0.3) is 0 Å². The minimum Gasteiger partial charge on any atom is -0.279 e. The van der Waals surface area contributed by atoms with Gasteiger partial charge in [0.15, 0.2) is 0 Å². The Morgan fingerprint density at radius 3 is 2.29 bits per heavy atom. The lowest BCUT2D eigenvalue weighted by atomic mass is 10.1. The molecule has 0 aromatic heterocycles. The minimum absolute atomic E-state index is 0.0121. The SMILES string of the molecule is Cc1ccc(C(=O)S(=O)(=O)O)c(C)c1. The Labute approximate surface area is 82.3 Å². The van der Waals surface area contributed by atoms with E-state index in [0.717, 1.165) is 5.56 Å². The first-order valence-electron chi connectivity index (χ1n) is 3.91. The predicted octanol–water partition coefficient (Wildman–Crippen LogP) is 1.33. The molecule has 1 N–H and O–H groups in total. The van der Waals surface area contributed by atoms with Gasteiger partial charge in [-0.2, -0.15) is 8.42 Å². The first-order valence-corrected chi connectivity index (χ1v) is 5.35. The van der Waals surface area contributed by atoms with Crippen molar-refractivity contribution in [2.24, 2.45) is 0 Å². The van der Waals surface area contributed by atoms with Crippen LogP contribution in [-0.2, 0) is 10.1 Å². The largest absolute Gasteiger partial charge is 0.333 e. The molecule has 0 saturated carbocycles. The Bertz CT molecular complexity index is 474. The third-order valence-corrected chi connectivity index (χ3v) is 2.52. The van der Waals surface area contributed by atoms with E-state index in [1.807, 2.05) is 6.92 Å². The summed E-state index contributed by atoms with van der Waals surface area (Å²) in [6.45, 7) is 3.44. The van der Waals surface area contributed by atoms with Gasteiger partial charge >= 0.3 is 15.2 Å². The van der Waals surface area contributed by atoms with Crippen LogP contribution in [0.2, 0.25) is 0 Å². The summed E-state index contributed by atoms with van der Waals surface area (Å²) in [6.07, 6.45) is 0. The molecule has 0 spiro atoms. The molecule has 0 aliphatic carbocycles. The monoisotopic (exact) mass is 214 g/mol. The molecular formula is C9H10O4S. The summed E-state index contributed by atoms with van der Waals surface area (Å²) in [4.78, 5) is 11.2. The molecule has 0 saturated heterocycles. The Morgan fingerprint density at radius 2 is 1.86 bits per heavy atom. The molecule has 5 heteroatoms. The van der Waals surface area contributed by atoms with E-state index in [4.69, 9.17) is 4.55 Å². The molecule has 0 fully saturated rings. The maximum Gasteiger partial charge on any atom is 0.333 e. The summed E-state index contributed by atoms with van der Waals surface area (Å²) >= 11 is 0. The number of aryl methyl sites for hydroxylation is 2. The Hall–Kier alpha value is -1.20. The molecule has 1 aromatic carbocycles. The van der Waals surface area contributed by atoms with Crippen LogP contribution in [0.1, 0.15) is 21.5 Å². The van der Waals surface area contributed by atoms with Crippen LogP contribution >= 0.6 is 0 Å². The fourth-order valence-corrected chi connectivity index (χ4v) is 1.69. The molecule has 1 rings (SSSR count). The molecule has 0 bridgehead atoms.